The van der Waals surface area contributed by atoms with Crippen LogP contribution in [0.4, 0.5) is 0 Å². The molecule has 12 heavy (non-hydrogen) atoms. The van der Waals surface area contributed by atoms with E-state index in [9.17, 15) is 0 Å². The van der Waals surface area contributed by atoms with E-state index in [1.54, 1.807) is 0 Å². The van der Waals surface area contributed by atoms with Gasteiger partial charge in [-0.1, -0.05) is 0 Å². The molecule has 0 saturated heterocycles. The Morgan fingerprint density at radius 2 is 1.50 bits per heavy atom. The highest BCUT2D eigenvalue weighted by molar-refractivity contribution is 7.74. The van der Waals surface area contributed by atoms with E-state index in [1.165, 1.54) is 0 Å². The van der Waals surface area contributed by atoms with Gasteiger partial charge in [0.1, 0.15) is 6.54 Å². The predicted octanol–water partition coefficient (Wildman–Crippen LogP) is -4.86. The van der Waals surface area contributed by atoms with Gasteiger partial charge in [-0.05, 0) is 0 Å². The van der Waals surface area contributed by atoms with E-state index in [0.717, 1.165) is 0 Å². The molecule has 0 saturated carbocycles. The molecule has 0 aliphatic rings. The quantitative estimate of drug-likeness (QED) is 0.359. The van der Waals surface area contributed by atoms with Crippen LogP contribution in [-0.4, -0.2) is 36.2 Å². The molecule has 0 radical (unpaired) electrons. The van der Waals surface area contributed by atoms with Crippen molar-refractivity contribution < 1.29 is 37.9 Å². The number of aliphatic hydroxyl groups excluding tert-OH is 1. The minimum Gasteiger partial charge on any atom is -0.390 e. The van der Waals surface area contributed by atoms with Gasteiger partial charge >= 0.3 is 0 Å². The topological polar surface area (TPSA) is 112 Å². The summed E-state index contributed by atoms with van der Waals surface area (Å²) in [5.41, 5.74) is 0. The molecule has 0 spiro atoms. The number of aliphatic hydroxyl groups is 1. The molecule has 0 fully saturated rings. The van der Waals surface area contributed by atoms with Crippen LogP contribution in [0.3, 0.4) is 0 Å². The van der Waals surface area contributed by atoms with E-state index in [2.05, 4.69) is 12.8 Å². The first-order valence-corrected chi connectivity index (χ1v) is 4.48. The molecule has 0 rings (SSSR count). The van der Waals surface area contributed by atoms with Gasteiger partial charge in [0.2, 0.25) is 0 Å². The first kappa shape index (κ1) is 14.9. The van der Waals surface area contributed by atoms with Gasteiger partial charge in [-0.15, -0.1) is 10.2 Å². The fraction of sp³-hybridized carbons (Fsp3) is 1.00. The van der Waals surface area contributed by atoms with Crippen molar-refractivity contribution in [2.75, 3.05) is 27.2 Å². The standard InChI is InChI=1S/C4H12NOS.ClHO4/c1-5(2,7)3-4-6;2-1(3,4)5/h6-7H,3-4H2,1-2H3;(H,2,3,4,5)/q+1;/p-1. The summed E-state index contributed by atoms with van der Waals surface area (Å²) in [6.07, 6.45) is 0. The van der Waals surface area contributed by atoms with Gasteiger partial charge in [0, 0.05) is 0 Å². The lowest BCUT2D eigenvalue weighted by Gasteiger charge is -2.18. The Balaban J connectivity index is 0. The lowest BCUT2D eigenvalue weighted by atomic mass is 10.6. The van der Waals surface area contributed by atoms with Crippen molar-refractivity contribution in [2.24, 2.45) is 0 Å². The van der Waals surface area contributed by atoms with Crippen LogP contribution in [0.25, 0.3) is 0 Å². The van der Waals surface area contributed by atoms with E-state index >= 15 is 0 Å². The number of hydrogen-bond donors (Lipinski definition) is 2. The zero-order chi connectivity index (χ0) is 10.4. The van der Waals surface area contributed by atoms with Gasteiger partial charge in [-0.3, -0.25) is 3.89 Å². The molecular formula is C4H12ClNO5S. The van der Waals surface area contributed by atoms with Crippen LogP contribution >= 0.6 is 12.8 Å². The largest absolute Gasteiger partial charge is 0.390 e. The highest BCUT2D eigenvalue weighted by Gasteiger charge is 2.04. The second-order valence-corrected chi connectivity index (χ2v) is 4.29. The smallest absolute Gasteiger partial charge is 0.112 e. The average Bonchev–Trinajstić information content (AvgIpc) is 1.54. The molecule has 0 aliphatic carbocycles. The Morgan fingerprint density at radius 1 is 1.25 bits per heavy atom. The van der Waals surface area contributed by atoms with Crippen molar-refractivity contribution in [3.05, 3.63) is 0 Å². The van der Waals surface area contributed by atoms with E-state index in [1.807, 2.05) is 14.1 Å². The zero-order valence-electron chi connectivity index (χ0n) is 6.77. The predicted molar refractivity (Wildman–Crippen MR) is 33.0 cm³/mol. The van der Waals surface area contributed by atoms with Crippen molar-refractivity contribution >= 4 is 12.8 Å². The Morgan fingerprint density at radius 3 is 1.50 bits per heavy atom. The molecule has 0 heterocycles. The van der Waals surface area contributed by atoms with Gasteiger partial charge in [0.25, 0.3) is 0 Å². The van der Waals surface area contributed by atoms with Crippen molar-refractivity contribution in [2.45, 2.75) is 0 Å². The van der Waals surface area contributed by atoms with Crippen LogP contribution in [0.2, 0.25) is 0 Å². The van der Waals surface area contributed by atoms with Gasteiger partial charge in [-0.25, -0.2) is 18.6 Å². The summed E-state index contributed by atoms with van der Waals surface area (Å²) in [6.45, 7) is 0.902. The van der Waals surface area contributed by atoms with Gasteiger partial charge in [-0.2, -0.15) is 0 Å². The number of quaternary nitrogens is 1. The van der Waals surface area contributed by atoms with E-state index < -0.39 is 10.2 Å². The summed E-state index contributed by atoms with van der Waals surface area (Å²) in [6, 6.07) is 0. The third-order valence-electron chi connectivity index (χ3n) is 0.647. The lowest BCUT2D eigenvalue weighted by Crippen LogP contribution is -2.68. The first-order chi connectivity index (χ1) is 5.06. The lowest BCUT2D eigenvalue weighted by molar-refractivity contribution is -2.00. The summed E-state index contributed by atoms with van der Waals surface area (Å²) in [5, 5.41) is 8.34. The first-order valence-electron chi connectivity index (χ1n) is 2.84. The fourth-order valence-corrected chi connectivity index (χ4v) is 0.334. The van der Waals surface area contributed by atoms with Crippen molar-refractivity contribution in [1.29, 1.82) is 0 Å². The number of halogens is 1. The number of nitrogens with zero attached hydrogens (tertiary/aromatic N) is 1. The molecule has 6 nitrogen and oxygen atoms in total. The fourth-order valence-electron chi connectivity index (χ4n) is 0.245. The van der Waals surface area contributed by atoms with Gasteiger partial charge in [0.15, 0.2) is 0 Å². The molecule has 0 aromatic heterocycles. The van der Waals surface area contributed by atoms with Crippen LogP contribution in [0.5, 0.6) is 0 Å². The third kappa shape index (κ3) is 47.5. The number of thiol groups is 1. The third-order valence-corrected chi connectivity index (χ3v) is 0.847. The molecule has 0 amide bonds. The van der Waals surface area contributed by atoms with Gasteiger partial charge in [0.05, 0.1) is 33.5 Å². The Bertz CT molecular complexity index is 105. The number of hydrogen-bond acceptors (Lipinski definition) is 6. The Kier molecular flexibility index (Phi) is 7.38. The van der Waals surface area contributed by atoms with Crippen LogP contribution in [0.15, 0.2) is 0 Å². The van der Waals surface area contributed by atoms with E-state index in [4.69, 9.17) is 23.7 Å². The molecule has 0 unspecified atom stereocenters. The monoisotopic (exact) mass is 221 g/mol. The molecule has 76 valence electrons. The summed E-state index contributed by atoms with van der Waals surface area (Å²) < 4.78 is 34.5. The van der Waals surface area contributed by atoms with E-state index in [-0.39, 0.29) is 6.61 Å². The van der Waals surface area contributed by atoms with Crippen LogP contribution in [-0.2, 0) is 0 Å². The maximum atomic E-state index is 8.49. The Labute approximate surface area is 78.5 Å². The molecule has 1 N–H and O–H groups in total. The minimum absolute atomic E-state index is 0.205. The summed E-state index contributed by atoms with van der Waals surface area (Å²) >= 11 is 4.11. The highest BCUT2D eigenvalue weighted by atomic mass is 35.7. The van der Waals surface area contributed by atoms with Crippen LogP contribution in [0, 0.1) is 10.2 Å². The van der Waals surface area contributed by atoms with Crippen molar-refractivity contribution in [3.63, 3.8) is 0 Å². The molecule has 0 bridgehead atoms. The molecule has 0 atom stereocenters. The molecule has 0 aromatic rings. The SMILES string of the molecule is C[N+](C)(S)CCO.[O-][Cl+3]([O-])([O-])[O-]. The highest BCUT2D eigenvalue weighted by Crippen LogP contribution is 1.97. The summed E-state index contributed by atoms with van der Waals surface area (Å²) in [4.78, 5) is 0. The summed E-state index contributed by atoms with van der Waals surface area (Å²) in [7, 11) is -1.11. The zero-order valence-corrected chi connectivity index (χ0v) is 8.42. The second kappa shape index (κ2) is 5.95. The minimum atomic E-state index is -4.94. The molecule has 0 aliphatic heterocycles. The van der Waals surface area contributed by atoms with Crippen LogP contribution < -0.4 is 18.6 Å². The Hall–Kier alpha value is 0.400. The van der Waals surface area contributed by atoms with Gasteiger partial charge < -0.3 is 5.11 Å². The molecule has 0 aromatic carbocycles. The van der Waals surface area contributed by atoms with Crippen molar-refractivity contribution in [3.8, 4) is 0 Å². The maximum absolute atomic E-state index is 8.49. The second-order valence-electron chi connectivity index (χ2n) is 2.45. The number of likely N-dealkylation sites (N-methyl/N-ethyl adjacent to an activating group) is 1. The molecular weight excluding hydrogens is 210 g/mol. The summed E-state index contributed by atoms with van der Waals surface area (Å²) in [5.74, 6) is 0. The maximum Gasteiger partial charge on any atom is 0.112 e. The van der Waals surface area contributed by atoms with Crippen molar-refractivity contribution in [1.82, 2.24) is 0 Å². The van der Waals surface area contributed by atoms with E-state index in [0.29, 0.717) is 10.4 Å². The van der Waals surface area contributed by atoms with Crippen LogP contribution in [0.1, 0.15) is 0 Å². The normalized spacial score (nSPS) is 12.0. The molecule has 8 heteroatoms. The average molecular weight is 222 g/mol. The number of rotatable bonds is 2.